The monoisotopic (exact) mass is 325 g/mol. The van der Waals surface area contributed by atoms with Crippen LogP contribution in [0.4, 0.5) is 0 Å². The molecule has 1 aliphatic heterocycles. The first-order chi connectivity index (χ1) is 9.94. The zero-order valence-electron chi connectivity index (χ0n) is 13.8. The van der Waals surface area contributed by atoms with Crippen LogP contribution in [0, 0.1) is 0 Å². The quantitative estimate of drug-likeness (QED) is 0.897. The molecule has 0 saturated carbocycles. The van der Waals surface area contributed by atoms with Crippen LogP contribution in [0.15, 0.2) is 24.3 Å². The molecule has 4 nitrogen and oxygen atoms in total. The highest BCUT2D eigenvalue weighted by Crippen LogP contribution is 2.11. The summed E-state index contributed by atoms with van der Waals surface area (Å²) in [6.07, 6.45) is 1.18. The molecule has 0 aromatic heterocycles. The summed E-state index contributed by atoms with van der Waals surface area (Å²) in [5, 5.41) is 6.43. The van der Waals surface area contributed by atoms with Gasteiger partial charge in [0.2, 0.25) is 0 Å². The van der Waals surface area contributed by atoms with Gasteiger partial charge in [-0.15, -0.1) is 12.4 Å². The van der Waals surface area contributed by atoms with Crippen molar-refractivity contribution in [2.24, 2.45) is 0 Å². The van der Waals surface area contributed by atoms with E-state index in [1.54, 1.807) is 0 Å². The molecule has 0 atom stereocenters. The fourth-order valence-corrected chi connectivity index (χ4v) is 2.54. The number of amides is 1. The Labute approximate surface area is 140 Å². The maximum atomic E-state index is 12.2. The van der Waals surface area contributed by atoms with Crippen molar-refractivity contribution in [1.29, 1.82) is 0 Å². The van der Waals surface area contributed by atoms with E-state index in [4.69, 9.17) is 0 Å². The van der Waals surface area contributed by atoms with Gasteiger partial charge in [-0.1, -0.05) is 12.1 Å². The predicted octanol–water partition coefficient (Wildman–Crippen LogP) is 2.43. The van der Waals surface area contributed by atoms with Crippen LogP contribution in [0.25, 0.3) is 0 Å². The molecule has 5 heteroatoms. The summed E-state index contributed by atoms with van der Waals surface area (Å²) in [5.74, 6) is 0.00174. The van der Waals surface area contributed by atoms with Crippen molar-refractivity contribution in [3.05, 3.63) is 35.4 Å². The summed E-state index contributed by atoms with van der Waals surface area (Å²) in [6, 6.07) is 7.98. The SMILES string of the molecule is CC(C)(C)NC(=O)c1cccc(CN2CCCNCC2)c1.Cl. The Hall–Kier alpha value is -1.10. The largest absolute Gasteiger partial charge is 0.347 e. The third-order valence-electron chi connectivity index (χ3n) is 3.52. The average Bonchev–Trinajstić information content (AvgIpc) is 2.66. The Balaban J connectivity index is 0.00000242. The van der Waals surface area contributed by atoms with Gasteiger partial charge in [0.1, 0.15) is 0 Å². The molecule has 0 spiro atoms. The van der Waals surface area contributed by atoms with Gasteiger partial charge >= 0.3 is 0 Å². The van der Waals surface area contributed by atoms with Gasteiger partial charge in [0.15, 0.2) is 0 Å². The van der Waals surface area contributed by atoms with E-state index in [0.29, 0.717) is 0 Å². The van der Waals surface area contributed by atoms with Crippen LogP contribution in [0.2, 0.25) is 0 Å². The molecule has 1 amide bonds. The van der Waals surface area contributed by atoms with Crippen LogP contribution in [0.3, 0.4) is 0 Å². The van der Waals surface area contributed by atoms with Crippen molar-refractivity contribution in [1.82, 2.24) is 15.5 Å². The Morgan fingerprint density at radius 1 is 1.27 bits per heavy atom. The van der Waals surface area contributed by atoms with Crippen molar-refractivity contribution < 1.29 is 4.79 Å². The molecule has 1 aromatic carbocycles. The van der Waals surface area contributed by atoms with Crippen molar-refractivity contribution in [2.75, 3.05) is 26.2 Å². The lowest BCUT2D eigenvalue weighted by atomic mass is 10.1. The van der Waals surface area contributed by atoms with Gasteiger partial charge in [-0.05, 0) is 58.0 Å². The Kier molecular flexibility index (Phi) is 7.33. The number of carbonyl (C=O) groups is 1. The minimum Gasteiger partial charge on any atom is -0.347 e. The molecule has 1 saturated heterocycles. The molecule has 1 heterocycles. The summed E-state index contributed by atoms with van der Waals surface area (Å²) in [6.45, 7) is 11.2. The minimum atomic E-state index is -0.205. The molecule has 2 rings (SSSR count). The standard InChI is InChI=1S/C17H27N3O.ClH/c1-17(2,3)19-16(21)15-7-4-6-14(12-15)13-20-10-5-8-18-9-11-20;/h4,6-7,12,18H,5,8-11,13H2,1-3H3,(H,19,21);1H. The highest BCUT2D eigenvalue weighted by Gasteiger charge is 2.16. The smallest absolute Gasteiger partial charge is 0.251 e. The zero-order valence-corrected chi connectivity index (χ0v) is 14.6. The number of carbonyl (C=O) groups excluding carboxylic acids is 1. The molecule has 1 aromatic rings. The molecule has 1 aliphatic rings. The van der Waals surface area contributed by atoms with Crippen molar-refractivity contribution >= 4 is 18.3 Å². The Morgan fingerprint density at radius 2 is 2.05 bits per heavy atom. The molecule has 0 bridgehead atoms. The highest BCUT2D eigenvalue weighted by atomic mass is 35.5. The third kappa shape index (κ3) is 6.34. The van der Waals surface area contributed by atoms with Crippen molar-refractivity contribution in [3.63, 3.8) is 0 Å². The number of hydrogen-bond acceptors (Lipinski definition) is 3. The lowest BCUT2D eigenvalue weighted by molar-refractivity contribution is 0.0919. The number of nitrogens with zero attached hydrogens (tertiary/aromatic N) is 1. The molecule has 1 fully saturated rings. The fourth-order valence-electron chi connectivity index (χ4n) is 2.54. The molecule has 2 N–H and O–H groups in total. The lowest BCUT2D eigenvalue weighted by Gasteiger charge is -2.22. The van der Waals surface area contributed by atoms with Gasteiger partial charge in [-0.2, -0.15) is 0 Å². The summed E-state index contributed by atoms with van der Waals surface area (Å²) in [4.78, 5) is 14.7. The van der Waals surface area contributed by atoms with E-state index >= 15 is 0 Å². The van der Waals surface area contributed by atoms with E-state index in [1.165, 1.54) is 12.0 Å². The summed E-state index contributed by atoms with van der Waals surface area (Å²) in [7, 11) is 0. The number of halogens is 1. The maximum absolute atomic E-state index is 12.2. The highest BCUT2D eigenvalue weighted by molar-refractivity contribution is 5.94. The molecule has 0 radical (unpaired) electrons. The van der Waals surface area contributed by atoms with E-state index in [-0.39, 0.29) is 23.9 Å². The number of hydrogen-bond donors (Lipinski definition) is 2. The average molecular weight is 326 g/mol. The fraction of sp³-hybridized carbons (Fsp3) is 0.588. The van der Waals surface area contributed by atoms with E-state index in [9.17, 15) is 4.79 Å². The lowest BCUT2D eigenvalue weighted by Crippen LogP contribution is -2.40. The summed E-state index contributed by atoms with van der Waals surface area (Å²) >= 11 is 0. The van der Waals surface area contributed by atoms with Gasteiger partial charge in [0.25, 0.3) is 5.91 Å². The molecular weight excluding hydrogens is 298 g/mol. The summed E-state index contributed by atoms with van der Waals surface area (Å²) < 4.78 is 0. The van der Waals surface area contributed by atoms with Crippen LogP contribution in [-0.4, -0.2) is 42.5 Å². The molecular formula is C17H28ClN3O. The first kappa shape index (κ1) is 18.9. The van der Waals surface area contributed by atoms with E-state index in [0.717, 1.165) is 38.3 Å². The van der Waals surface area contributed by atoms with Crippen LogP contribution < -0.4 is 10.6 Å². The predicted molar refractivity (Wildman–Crippen MR) is 93.7 cm³/mol. The number of benzene rings is 1. The summed E-state index contributed by atoms with van der Waals surface area (Å²) in [5.41, 5.74) is 1.75. The minimum absolute atomic E-state index is 0. The molecule has 0 unspecified atom stereocenters. The number of nitrogens with one attached hydrogen (secondary N) is 2. The van der Waals surface area contributed by atoms with Crippen molar-refractivity contribution in [2.45, 2.75) is 39.3 Å². The second kappa shape index (κ2) is 8.51. The second-order valence-corrected chi connectivity index (χ2v) is 6.78. The van der Waals surface area contributed by atoms with E-state index in [1.807, 2.05) is 39.0 Å². The van der Waals surface area contributed by atoms with E-state index in [2.05, 4.69) is 21.6 Å². The Morgan fingerprint density at radius 3 is 2.77 bits per heavy atom. The van der Waals surface area contributed by atoms with Crippen LogP contribution in [-0.2, 0) is 6.54 Å². The first-order valence-electron chi connectivity index (χ1n) is 7.78. The zero-order chi connectivity index (χ0) is 15.3. The molecule has 124 valence electrons. The van der Waals surface area contributed by atoms with Gasteiger partial charge in [0.05, 0.1) is 0 Å². The first-order valence-corrected chi connectivity index (χ1v) is 7.78. The van der Waals surface area contributed by atoms with Crippen LogP contribution in [0.1, 0.15) is 43.1 Å². The Bertz CT molecular complexity index is 477. The van der Waals surface area contributed by atoms with Crippen molar-refractivity contribution in [3.8, 4) is 0 Å². The number of rotatable bonds is 3. The van der Waals surface area contributed by atoms with Gasteiger partial charge in [0, 0.05) is 30.7 Å². The van der Waals surface area contributed by atoms with Gasteiger partial charge in [-0.3, -0.25) is 9.69 Å². The molecule has 22 heavy (non-hydrogen) atoms. The third-order valence-corrected chi connectivity index (χ3v) is 3.52. The van der Waals surface area contributed by atoms with Crippen LogP contribution in [0.5, 0.6) is 0 Å². The van der Waals surface area contributed by atoms with Crippen LogP contribution >= 0.6 is 12.4 Å². The second-order valence-electron chi connectivity index (χ2n) is 6.78. The van der Waals surface area contributed by atoms with Gasteiger partial charge < -0.3 is 10.6 Å². The maximum Gasteiger partial charge on any atom is 0.251 e. The normalized spacial score (nSPS) is 16.5. The van der Waals surface area contributed by atoms with Gasteiger partial charge in [-0.25, -0.2) is 0 Å². The topological polar surface area (TPSA) is 44.4 Å². The molecule has 0 aliphatic carbocycles. The van der Waals surface area contributed by atoms with E-state index < -0.39 is 0 Å².